The second-order valence-electron chi connectivity index (χ2n) is 3.25. The Hall–Kier alpha value is -1.68. The SMILES string of the molecule is CN1C(=O)C(=O)c2cc(CN)ccc21. The summed E-state index contributed by atoms with van der Waals surface area (Å²) in [5, 5.41) is 0. The van der Waals surface area contributed by atoms with Gasteiger partial charge in [-0.1, -0.05) is 6.07 Å². The minimum Gasteiger partial charge on any atom is -0.326 e. The highest BCUT2D eigenvalue weighted by atomic mass is 16.2. The van der Waals surface area contributed by atoms with Gasteiger partial charge in [-0.05, 0) is 17.7 Å². The summed E-state index contributed by atoms with van der Waals surface area (Å²) in [4.78, 5) is 24.1. The molecule has 2 rings (SSSR count). The van der Waals surface area contributed by atoms with Crippen LogP contribution in [0.2, 0.25) is 0 Å². The predicted molar refractivity (Wildman–Crippen MR) is 52.1 cm³/mol. The van der Waals surface area contributed by atoms with Crippen LogP contribution < -0.4 is 10.6 Å². The predicted octanol–water partition coefficient (Wildman–Crippen LogP) is 0.304. The zero-order chi connectivity index (χ0) is 10.3. The lowest BCUT2D eigenvalue weighted by molar-refractivity contribution is -0.114. The van der Waals surface area contributed by atoms with Gasteiger partial charge in [0.05, 0.1) is 11.3 Å². The molecule has 0 atom stereocenters. The number of benzene rings is 1. The molecule has 0 aliphatic carbocycles. The molecule has 0 saturated heterocycles. The van der Waals surface area contributed by atoms with Crippen LogP contribution in [0.5, 0.6) is 0 Å². The lowest BCUT2D eigenvalue weighted by Gasteiger charge is -2.08. The van der Waals surface area contributed by atoms with Crippen molar-refractivity contribution in [1.29, 1.82) is 0 Å². The van der Waals surface area contributed by atoms with E-state index in [1.807, 2.05) is 6.07 Å². The van der Waals surface area contributed by atoms with Gasteiger partial charge in [0.25, 0.3) is 11.7 Å². The number of nitrogens with zero attached hydrogens (tertiary/aromatic N) is 1. The third-order valence-electron chi connectivity index (χ3n) is 2.40. The molecule has 0 unspecified atom stereocenters. The molecule has 1 aliphatic heterocycles. The topological polar surface area (TPSA) is 63.4 Å². The Morgan fingerprint density at radius 3 is 2.71 bits per heavy atom. The second kappa shape index (κ2) is 2.92. The van der Waals surface area contributed by atoms with Gasteiger partial charge in [0.15, 0.2) is 0 Å². The van der Waals surface area contributed by atoms with Gasteiger partial charge < -0.3 is 10.6 Å². The molecule has 1 heterocycles. The number of amides is 1. The summed E-state index contributed by atoms with van der Waals surface area (Å²) < 4.78 is 0. The molecular weight excluding hydrogens is 180 g/mol. The van der Waals surface area contributed by atoms with Crippen LogP contribution in [0.15, 0.2) is 18.2 Å². The standard InChI is InChI=1S/C10H10N2O2/c1-12-8-3-2-6(5-11)4-7(8)9(13)10(12)14/h2-4H,5,11H2,1H3. The fraction of sp³-hybridized carbons (Fsp3) is 0.200. The zero-order valence-corrected chi connectivity index (χ0v) is 7.78. The lowest BCUT2D eigenvalue weighted by atomic mass is 10.1. The minimum atomic E-state index is -0.478. The van der Waals surface area contributed by atoms with E-state index in [2.05, 4.69) is 0 Å². The fourth-order valence-corrected chi connectivity index (χ4v) is 1.56. The Morgan fingerprint density at radius 1 is 1.36 bits per heavy atom. The third-order valence-corrected chi connectivity index (χ3v) is 2.40. The van der Waals surface area contributed by atoms with Gasteiger partial charge in [-0.25, -0.2) is 0 Å². The molecule has 1 aromatic rings. The summed E-state index contributed by atoms with van der Waals surface area (Å²) in [7, 11) is 1.59. The molecule has 2 N–H and O–H groups in total. The van der Waals surface area contributed by atoms with Crippen LogP contribution in [-0.2, 0) is 11.3 Å². The Balaban J connectivity index is 2.59. The van der Waals surface area contributed by atoms with Crippen LogP contribution in [0.3, 0.4) is 0 Å². The van der Waals surface area contributed by atoms with Crippen molar-refractivity contribution < 1.29 is 9.59 Å². The smallest absolute Gasteiger partial charge is 0.299 e. The van der Waals surface area contributed by atoms with Gasteiger partial charge in [-0.2, -0.15) is 0 Å². The van der Waals surface area contributed by atoms with Crippen molar-refractivity contribution in [3.63, 3.8) is 0 Å². The quantitative estimate of drug-likeness (QED) is 0.648. The van der Waals surface area contributed by atoms with Crippen molar-refractivity contribution in [2.24, 2.45) is 5.73 Å². The molecule has 1 amide bonds. The number of anilines is 1. The molecule has 0 radical (unpaired) electrons. The maximum absolute atomic E-state index is 11.4. The van der Waals surface area contributed by atoms with E-state index in [0.717, 1.165) is 5.56 Å². The van der Waals surface area contributed by atoms with E-state index >= 15 is 0 Å². The Labute approximate surface area is 81.3 Å². The number of carbonyl (C=O) groups is 2. The molecular formula is C10H10N2O2. The summed E-state index contributed by atoms with van der Waals surface area (Å²) in [5.41, 5.74) is 7.43. The van der Waals surface area contributed by atoms with E-state index < -0.39 is 11.7 Å². The average molecular weight is 190 g/mol. The molecule has 0 aromatic heterocycles. The van der Waals surface area contributed by atoms with E-state index in [1.54, 1.807) is 19.2 Å². The summed E-state index contributed by atoms with van der Waals surface area (Å²) in [5.74, 6) is -0.924. The molecule has 4 nitrogen and oxygen atoms in total. The maximum atomic E-state index is 11.4. The number of likely N-dealkylation sites (N-methyl/N-ethyl adjacent to an activating group) is 1. The van der Waals surface area contributed by atoms with Gasteiger partial charge >= 0.3 is 0 Å². The number of carbonyl (C=O) groups excluding carboxylic acids is 2. The van der Waals surface area contributed by atoms with E-state index in [9.17, 15) is 9.59 Å². The van der Waals surface area contributed by atoms with Crippen molar-refractivity contribution in [2.75, 3.05) is 11.9 Å². The van der Waals surface area contributed by atoms with Crippen LogP contribution in [0.1, 0.15) is 15.9 Å². The molecule has 1 aromatic carbocycles. The number of hydrogen-bond donors (Lipinski definition) is 1. The van der Waals surface area contributed by atoms with Gasteiger partial charge in [0.2, 0.25) is 0 Å². The highest BCUT2D eigenvalue weighted by Gasteiger charge is 2.32. The summed E-state index contributed by atoms with van der Waals surface area (Å²) >= 11 is 0. The van der Waals surface area contributed by atoms with Crippen molar-refractivity contribution in [3.05, 3.63) is 29.3 Å². The van der Waals surface area contributed by atoms with E-state index in [1.165, 1.54) is 4.90 Å². The third kappa shape index (κ3) is 1.04. The van der Waals surface area contributed by atoms with E-state index in [4.69, 9.17) is 5.73 Å². The first-order chi connectivity index (χ1) is 6.65. The fourth-order valence-electron chi connectivity index (χ4n) is 1.56. The summed E-state index contributed by atoms with van der Waals surface area (Å²) in [6, 6.07) is 5.25. The number of rotatable bonds is 1. The number of hydrogen-bond acceptors (Lipinski definition) is 3. The molecule has 72 valence electrons. The molecule has 0 saturated carbocycles. The maximum Gasteiger partial charge on any atom is 0.299 e. The largest absolute Gasteiger partial charge is 0.326 e. The molecule has 14 heavy (non-hydrogen) atoms. The first kappa shape index (κ1) is 8.90. The van der Waals surface area contributed by atoms with Crippen molar-refractivity contribution in [1.82, 2.24) is 0 Å². The van der Waals surface area contributed by atoms with Gasteiger partial charge in [-0.3, -0.25) is 9.59 Å². The molecule has 0 fully saturated rings. The van der Waals surface area contributed by atoms with Crippen molar-refractivity contribution >= 4 is 17.4 Å². The minimum absolute atomic E-state index is 0.373. The number of ketones is 1. The zero-order valence-electron chi connectivity index (χ0n) is 7.78. The Kier molecular flexibility index (Phi) is 1.86. The Bertz CT molecular complexity index is 426. The van der Waals surface area contributed by atoms with Crippen LogP contribution in [-0.4, -0.2) is 18.7 Å². The van der Waals surface area contributed by atoms with E-state index in [-0.39, 0.29) is 0 Å². The number of fused-ring (bicyclic) bond motifs is 1. The summed E-state index contributed by atoms with van der Waals surface area (Å²) in [6.45, 7) is 0.373. The second-order valence-corrected chi connectivity index (χ2v) is 3.25. The monoisotopic (exact) mass is 190 g/mol. The van der Waals surface area contributed by atoms with E-state index in [0.29, 0.717) is 17.8 Å². The normalized spacial score (nSPS) is 14.9. The lowest BCUT2D eigenvalue weighted by Crippen LogP contribution is -2.24. The highest BCUT2D eigenvalue weighted by Crippen LogP contribution is 2.28. The van der Waals surface area contributed by atoms with Crippen molar-refractivity contribution in [3.8, 4) is 0 Å². The number of Topliss-reactive ketones (excluding diaryl/α,β-unsaturated/α-hetero) is 1. The van der Waals surface area contributed by atoms with Gasteiger partial charge in [-0.15, -0.1) is 0 Å². The van der Waals surface area contributed by atoms with Gasteiger partial charge in [0, 0.05) is 13.6 Å². The molecule has 1 aliphatic rings. The first-order valence-corrected chi connectivity index (χ1v) is 4.30. The van der Waals surface area contributed by atoms with Crippen LogP contribution in [0, 0.1) is 0 Å². The van der Waals surface area contributed by atoms with Crippen LogP contribution in [0.25, 0.3) is 0 Å². The van der Waals surface area contributed by atoms with Crippen molar-refractivity contribution in [2.45, 2.75) is 6.54 Å². The summed E-state index contributed by atoms with van der Waals surface area (Å²) in [6.07, 6.45) is 0. The number of nitrogens with two attached hydrogens (primary N) is 1. The first-order valence-electron chi connectivity index (χ1n) is 4.30. The average Bonchev–Trinajstić information content (AvgIpc) is 2.44. The Morgan fingerprint density at radius 2 is 2.07 bits per heavy atom. The van der Waals surface area contributed by atoms with Crippen LogP contribution in [0.4, 0.5) is 5.69 Å². The van der Waals surface area contributed by atoms with Gasteiger partial charge in [0.1, 0.15) is 0 Å². The molecule has 0 spiro atoms. The molecule has 4 heteroatoms. The highest BCUT2D eigenvalue weighted by molar-refractivity contribution is 6.52. The molecule has 0 bridgehead atoms. The van der Waals surface area contributed by atoms with Crippen LogP contribution >= 0.6 is 0 Å².